The Kier molecular flexibility index (Phi) is 6.36. The fourth-order valence-electron chi connectivity index (χ4n) is 3.09. The summed E-state index contributed by atoms with van der Waals surface area (Å²) in [6, 6.07) is 7.67. The summed E-state index contributed by atoms with van der Waals surface area (Å²) < 4.78 is 10.7. The number of benzene rings is 1. The van der Waals surface area contributed by atoms with Crippen LogP contribution in [0.3, 0.4) is 0 Å². The van der Waals surface area contributed by atoms with Crippen LogP contribution in [0.4, 0.5) is 0 Å². The molecule has 1 amide bonds. The summed E-state index contributed by atoms with van der Waals surface area (Å²) in [7, 11) is 1.58. The molecule has 2 heterocycles. The summed E-state index contributed by atoms with van der Waals surface area (Å²) in [5, 5.41) is 0. The maximum Gasteiger partial charge on any atom is 0.264 e. The van der Waals surface area contributed by atoms with E-state index in [0.717, 1.165) is 24.0 Å². The minimum Gasteiger partial charge on any atom is -0.383 e. The van der Waals surface area contributed by atoms with Crippen molar-refractivity contribution >= 4 is 5.91 Å². The molecule has 0 aliphatic carbocycles. The molecule has 0 bridgehead atoms. The molecule has 27 heavy (non-hydrogen) atoms. The molecule has 1 aliphatic heterocycles. The van der Waals surface area contributed by atoms with Gasteiger partial charge in [0.05, 0.1) is 12.7 Å². The van der Waals surface area contributed by atoms with E-state index in [-0.39, 0.29) is 17.6 Å². The third-order valence-electron chi connectivity index (χ3n) is 4.66. The van der Waals surface area contributed by atoms with Crippen LogP contribution in [-0.2, 0) is 9.47 Å². The number of carbonyl (C=O) groups excluding carboxylic acids is 1. The van der Waals surface area contributed by atoms with Crippen LogP contribution < -0.4 is 5.56 Å². The van der Waals surface area contributed by atoms with E-state index in [4.69, 9.17) is 9.47 Å². The Morgan fingerprint density at radius 2 is 2.15 bits per heavy atom. The normalized spacial score (nSPS) is 16.4. The molecule has 0 radical (unpaired) electrons. The second kappa shape index (κ2) is 8.92. The molecule has 144 valence electrons. The van der Waals surface area contributed by atoms with Crippen LogP contribution in [0.1, 0.15) is 28.8 Å². The van der Waals surface area contributed by atoms with Gasteiger partial charge in [0, 0.05) is 38.6 Å². The van der Waals surface area contributed by atoms with Crippen molar-refractivity contribution in [3.8, 4) is 11.4 Å². The lowest BCUT2D eigenvalue weighted by molar-refractivity contribution is 0.0454. The van der Waals surface area contributed by atoms with Crippen LogP contribution in [0.5, 0.6) is 0 Å². The van der Waals surface area contributed by atoms with Crippen molar-refractivity contribution in [1.29, 1.82) is 0 Å². The number of amides is 1. The van der Waals surface area contributed by atoms with Crippen molar-refractivity contribution in [3.63, 3.8) is 0 Å². The number of hydrogen-bond acceptors (Lipinski definition) is 5. The topological polar surface area (TPSA) is 84.5 Å². The van der Waals surface area contributed by atoms with Crippen molar-refractivity contribution in [2.24, 2.45) is 0 Å². The fraction of sp³-hybridized carbons (Fsp3) is 0.450. The van der Waals surface area contributed by atoms with Gasteiger partial charge < -0.3 is 19.4 Å². The molecule has 1 aromatic carbocycles. The monoisotopic (exact) mass is 371 g/mol. The highest BCUT2D eigenvalue weighted by Crippen LogP contribution is 2.16. The van der Waals surface area contributed by atoms with Crippen molar-refractivity contribution in [2.75, 3.05) is 33.4 Å². The molecule has 1 aliphatic rings. The predicted octanol–water partition coefficient (Wildman–Crippen LogP) is 2.01. The molecule has 1 fully saturated rings. The summed E-state index contributed by atoms with van der Waals surface area (Å²) in [6.45, 7) is 3.94. The first-order valence-electron chi connectivity index (χ1n) is 9.14. The van der Waals surface area contributed by atoms with E-state index in [2.05, 4.69) is 9.97 Å². The van der Waals surface area contributed by atoms with Gasteiger partial charge in [-0.05, 0) is 19.8 Å². The number of H-pyrrole nitrogens is 1. The van der Waals surface area contributed by atoms with Gasteiger partial charge in [0.15, 0.2) is 0 Å². The molecule has 0 spiro atoms. The van der Waals surface area contributed by atoms with E-state index < -0.39 is 5.56 Å². The molecular weight excluding hydrogens is 346 g/mol. The summed E-state index contributed by atoms with van der Waals surface area (Å²) in [5.41, 5.74) is 1.50. The summed E-state index contributed by atoms with van der Waals surface area (Å²) in [5.74, 6) is 0.0888. The molecule has 1 saturated heterocycles. The van der Waals surface area contributed by atoms with E-state index >= 15 is 0 Å². The lowest BCUT2D eigenvalue weighted by atomic mass is 10.1. The molecule has 2 aromatic rings. The third-order valence-corrected chi connectivity index (χ3v) is 4.66. The molecule has 1 atom stereocenters. The highest BCUT2D eigenvalue weighted by molar-refractivity contribution is 5.93. The van der Waals surface area contributed by atoms with Gasteiger partial charge in [-0.15, -0.1) is 0 Å². The first-order valence-corrected chi connectivity index (χ1v) is 9.14. The van der Waals surface area contributed by atoms with Crippen molar-refractivity contribution in [2.45, 2.75) is 25.9 Å². The average Bonchev–Trinajstić information content (AvgIpc) is 3.18. The van der Waals surface area contributed by atoms with Crippen LogP contribution in [-0.4, -0.2) is 60.3 Å². The number of aromatic nitrogens is 2. The maximum absolute atomic E-state index is 12.9. The van der Waals surface area contributed by atoms with E-state index in [1.807, 2.05) is 31.2 Å². The van der Waals surface area contributed by atoms with Gasteiger partial charge in [-0.2, -0.15) is 0 Å². The zero-order valence-electron chi connectivity index (χ0n) is 15.7. The molecule has 3 rings (SSSR count). The van der Waals surface area contributed by atoms with Gasteiger partial charge in [0.2, 0.25) is 0 Å². The number of methoxy groups -OCH3 is 1. The van der Waals surface area contributed by atoms with Crippen LogP contribution in [0.15, 0.2) is 35.3 Å². The smallest absolute Gasteiger partial charge is 0.264 e. The van der Waals surface area contributed by atoms with Gasteiger partial charge in [-0.25, -0.2) is 4.98 Å². The van der Waals surface area contributed by atoms with Crippen LogP contribution >= 0.6 is 0 Å². The van der Waals surface area contributed by atoms with E-state index in [1.54, 1.807) is 12.0 Å². The van der Waals surface area contributed by atoms with Crippen LogP contribution in [0, 0.1) is 6.92 Å². The maximum atomic E-state index is 12.9. The summed E-state index contributed by atoms with van der Waals surface area (Å²) in [6.07, 6.45) is 3.26. The quantitative estimate of drug-likeness (QED) is 0.805. The largest absolute Gasteiger partial charge is 0.383 e. The summed E-state index contributed by atoms with van der Waals surface area (Å²) >= 11 is 0. The Morgan fingerprint density at radius 1 is 1.37 bits per heavy atom. The second-order valence-electron chi connectivity index (χ2n) is 6.72. The van der Waals surface area contributed by atoms with Gasteiger partial charge >= 0.3 is 0 Å². The molecular formula is C20H25N3O4. The zero-order chi connectivity index (χ0) is 19.2. The SMILES string of the molecule is COCCN(C[C@H]1CCCO1)C(=O)c1cnc(-c2ccc(C)cc2)[nH]c1=O. The number of aryl methyl sites for hydroxylation is 1. The average molecular weight is 371 g/mol. The number of nitrogens with one attached hydrogen (secondary N) is 1. The van der Waals surface area contributed by atoms with E-state index in [0.29, 0.717) is 32.1 Å². The van der Waals surface area contributed by atoms with Gasteiger partial charge in [-0.1, -0.05) is 29.8 Å². The van der Waals surface area contributed by atoms with Gasteiger partial charge in [0.25, 0.3) is 11.5 Å². The Bertz CT molecular complexity index is 826. The number of aromatic amines is 1. The highest BCUT2D eigenvalue weighted by atomic mass is 16.5. The number of hydrogen-bond donors (Lipinski definition) is 1. The Morgan fingerprint density at radius 3 is 2.78 bits per heavy atom. The number of nitrogens with zero attached hydrogens (tertiary/aromatic N) is 2. The molecule has 1 N–H and O–H groups in total. The Labute approximate surface area is 158 Å². The number of ether oxygens (including phenoxy) is 2. The fourth-order valence-corrected chi connectivity index (χ4v) is 3.09. The standard InChI is InChI=1S/C20H25N3O4/c1-14-5-7-15(8-6-14)18-21-12-17(19(24)22-18)20(25)23(9-11-26-2)13-16-4-3-10-27-16/h5-8,12,16H,3-4,9-11,13H2,1-2H3,(H,21,22,24)/t16-/m1/s1. The molecule has 7 heteroatoms. The second-order valence-corrected chi connectivity index (χ2v) is 6.72. The van der Waals surface area contributed by atoms with Gasteiger partial charge in [-0.3, -0.25) is 9.59 Å². The van der Waals surface area contributed by atoms with Crippen molar-refractivity contribution in [1.82, 2.24) is 14.9 Å². The predicted molar refractivity (Wildman–Crippen MR) is 102 cm³/mol. The molecule has 0 unspecified atom stereocenters. The lowest BCUT2D eigenvalue weighted by Gasteiger charge is -2.25. The lowest BCUT2D eigenvalue weighted by Crippen LogP contribution is -2.41. The van der Waals surface area contributed by atoms with E-state index in [1.165, 1.54) is 6.20 Å². The van der Waals surface area contributed by atoms with Crippen molar-refractivity contribution in [3.05, 3.63) is 51.9 Å². The van der Waals surface area contributed by atoms with E-state index in [9.17, 15) is 9.59 Å². The minimum atomic E-state index is -0.444. The van der Waals surface area contributed by atoms with Crippen LogP contribution in [0.25, 0.3) is 11.4 Å². The molecule has 0 saturated carbocycles. The molecule has 1 aromatic heterocycles. The van der Waals surface area contributed by atoms with Crippen LogP contribution in [0.2, 0.25) is 0 Å². The Balaban J connectivity index is 1.80. The zero-order valence-corrected chi connectivity index (χ0v) is 15.7. The number of carbonyl (C=O) groups is 1. The Hall–Kier alpha value is -2.51. The molecule has 7 nitrogen and oxygen atoms in total. The summed E-state index contributed by atoms with van der Waals surface area (Å²) in [4.78, 5) is 34.1. The first-order chi connectivity index (χ1) is 13.1. The highest BCUT2D eigenvalue weighted by Gasteiger charge is 2.25. The third kappa shape index (κ3) is 4.81. The first kappa shape index (κ1) is 19.3. The number of rotatable bonds is 7. The van der Waals surface area contributed by atoms with Gasteiger partial charge in [0.1, 0.15) is 11.4 Å². The minimum absolute atomic E-state index is 0.00433. The van der Waals surface area contributed by atoms with Crippen molar-refractivity contribution < 1.29 is 14.3 Å².